The lowest BCUT2D eigenvalue weighted by Crippen LogP contribution is -2.38. The summed E-state index contributed by atoms with van der Waals surface area (Å²) in [5.41, 5.74) is 1.71. The summed E-state index contributed by atoms with van der Waals surface area (Å²) in [5.74, 6) is -0.730. The number of carbonyl (C=O) groups is 1. The number of tetrazole rings is 1. The molecule has 6 nitrogen and oxygen atoms in total. The third-order valence-electron chi connectivity index (χ3n) is 2.80. The smallest absolute Gasteiger partial charge is 0.346 e. The Morgan fingerprint density at radius 1 is 1.43 bits per heavy atom. The Balaban J connectivity index is 2.06. The van der Waals surface area contributed by atoms with Crippen molar-refractivity contribution in [2.24, 2.45) is 0 Å². The van der Waals surface area contributed by atoms with Crippen LogP contribution in [0.2, 0.25) is 0 Å². The van der Waals surface area contributed by atoms with Crippen LogP contribution >= 0.6 is 11.8 Å². The number of hydrogen-bond acceptors (Lipinski definition) is 5. The molecule has 2 aromatic rings. The third-order valence-corrected chi connectivity index (χ3v) is 3.83. The van der Waals surface area contributed by atoms with Crippen molar-refractivity contribution >= 4 is 17.7 Å². The molecule has 1 atom stereocenters. The number of amides is 1. The van der Waals surface area contributed by atoms with E-state index in [1.54, 1.807) is 6.07 Å². The maximum Gasteiger partial charge on any atom is 0.405 e. The van der Waals surface area contributed by atoms with Gasteiger partial charge in [0, 0.05) is 0 Å². The molecular weight excluding hydrogens is 331 g/mol. The third kappa shape index (κ3) is 4.95. The lowest BCUT2D eigenvalue weighted by Gasteiger charge is -2.13. The first-order chi connectivity index (χ1) is 10.8. The molecule has 1 N–H and O–H groups in total. The number of rotatable bonds is 5. The van der Waals surface area contributed by atoms with Gasteiger partial charge in [-0.25, -0.2) is 0 Å². The van der Waals surface area contributed by atoms with Crippen LogP contribution in [0.25, 0.3) is 5.69 Å². The van der Waals surface area contributed by atoms with Crippen LogP contribution in [-0.4, -0.2) is 44.1 Å². The van der Waals surface area contributed by atoms with Crippen molar-refractivity contribution in [1.82, 2.24) is 25.5 Å². The van der Waals surface area contributed by atoms with Gasteiger partial charge >= 0.3 is 6.18 Å². The summed E-state index contributed by atoms with van der Waals surface area (Å²) in [7, 11) is 0. The number of carbonyl (C=O) groups excluding carboxylic acids is 1. The molecule has 0 spiro atoms. The summed E-state index contributed by atoms with van der Waals surface area (Å²) in [6.07, 6.45) is -4.44. The maximum absolute atomic E-state index is 12.1. The van der Waals surface area contributed by atoms with Crippen LogP contribution in [0.3, 0.4) is 0 Å². The molecule has 1 amide bonds. The molecule has 1 aromatic heterocycles. The van der Waals surface area contributed by atoms with Crippen molar-refractivity contribution < 1.29 is 18.0 Å². The Morgan fingerprint density at radius 3 is 2.83 bits per heavy atom. The second-order valence-electron chi connectivity index (χ2n) is 4.81. The molecule has 0 aliphatic carbocycles. The van der Waals surface area contributed by atoms with Crippen molar-refractivity contribution in [3.63, 3.8) is 0 Å². The molecule has 0 radical (unpaired) electrons. The van der Waals surface area contributed by atoms with Crippen LogP contribution in [0, 0.1) is 6.92 Å². The summed E-state index contributed by atoms with van der Waals surface area (Å²) in [6, 6.07) is 7.39. The van der Waals surface area contributed by atoms with Gasteiger partial charge in [-0.1, -0.05) is 23.9 Å². The lowest BCUT2D eigenvalue weighted by atomic mass is 10.2. The largest absolute Gasteiger partial charge is 0.405 e. The van der Waals surface area contributed by atoms with Crippen LogP contribution in [0.4, 0.5) is 13.2 Å². The summed E-state index contributed by atoms with van der Waals surface area (Å²) < 4.78 is 37.8. The van der Waals surface area contributed by atoms with Gasteiger partial charge in [0.05, 0.1) is 10.9 Å². The van der Waals surface area contributed by atoms with Gasteiger partial charge in [-0.3, -0.25) is 4.79 Å². The van der Waals surface area contributed by atoms with Gasteiger partial charge in [-0.15, -0.1) is 5.10 Å². The predicted molar refractivity (Wildman–Crippen MR) is 78.3 cm³/mol. The number of nitrogens with zero attached hydrogens (tertiary/aromatic N) is 4. The van der Waals surface area contributed by atoms with Crippen molar-refractivity contribution in [2.75, 3.05) is 6.54 Å². The van der Waals surface area contributed by atoms with E-state index < -0.39 is 23.9 Å². The number of aromatic nitrogens is 4. The fourth-order valence-electron chi connectivity index (χ4n) is 1.72. The molecule has 0 saturated carbocycles. The fraction of sp³-hybridized carbons (Fsp3) is 0.385. The SMILES string of the molecule is Cc1cccc(-n2nnnc2SC(C)C(=O)NCC(F)(F)F)c1. The number of halogens is 3. The standard InChI is InChI=1S/C13H14F3N5OS/c1-8-4-3-5-10(6-8)21-12(18-19-20-21)23-9(2)11(22)17-7-13(14,15)16/h3-6,9H,7H2,1-2H3,(H,17,22). The van der Waals surface area contributed by atoms with Gasteiger partial charge in [-0.05, 0) is 42.0 Å². The van der Waals surface area contributed by atoms with E-state index in [1.165, 1.54) is 11.6 Å². The maximum atomic E-state index is 12.1. The lowest BCUT2D eigenvalue weighted by molar-refractivity contribution is -0.137. The van der Waals surface area contributed by atoms with Crippen molar-refractivity contribution in [3.05, 3.63) is 29.8 Å². The molecule has 0 fully saturated rings. The molecular formula is C13H14F3N5OS. The number of nitrogens with one attached hydrogen (secondary N) is 1. The van der Waals surface area contributed by atoms with Gasteiger partial charge in [0.15, 0.2) is 0 Å². The predicted octanol–water partition coefficient (Wildman–Crippen LogP) is 2.13. The zero-order chi connectivity index (χ0) is 17.0. The molecule has 124 valence electrons. The normalized spacial score (nSPS) is 12.9. The van der Waals surface area contributed by atoms with Gasteiger partial charge in [-0.2, -0.15) is 17.9 Å². The molecule has 0 bridgehead atoms. The first-order valence-electron chi connectivity index (χ1n) is 6.63. The zero-order valence-electron chi connectivity index (χ0n) is 12.3. The van der Waals surface area contributed by atoms with Gasteiger partial charge in [0.2, 0.25) is 11.1 Å². The second-order valence-corrected chi connectivity index (χ2v) is 6.11. The van der Waals surface area contributed by atoms with Gasteiger partial charge in [0.1, 0.15) is 6.54 Å². The highest BCUT2D eigenvalue weighted by Gasteiger charge is 2.29. The fourth-order valence-corrected chi connectivity index (χ4v) is 2.55. The molecule has 0 aliphatic heterocycles. The van der Waals surface area contributed by atoms with Gasteiger partial charge in [0.25, 0.3) is 0 Å². The van der Waals surface area contributed by atoms with E-state index in [0.29, 0.717) is 10.8 Å². The van der Waals surface area contributed by atoms with E-state index in [2.05, 4.69) is 15.5 Å². The van der Waals surface area contributed by atoms with Crippen LogP contribution in [0.15, 0.2) is 29.4 Å². The highest BCUT2D eigenvalue weighted by atomic mass is 32.2. The molecule has 0 saturated heterocycles. The van der Waals surface area contributed by atoms with E-state index in [9.17, 15) is 18.0 Å². The number of thioether (sulfide) groups is 1. The van der Waals surface area contributed by atoms with Crippen molar-refractivity contribution in [3.8, 4) is 5.69 Å². The molecule has 10 heteroatoms. The molecule has 1 heterocycles. The molecule has 23 heavy (non-hydrogen) atoms. The molecule has 1 aromatic carbocycles. The number of aryl methyl sites for hydroxylation is 1. The first-order valence-corrected chi connectivity index (χ1v) is 7.51. The van der Waals surface area contributed by atoms with E-state index in [1.807, 2.05) is 30.4 Å². The minimum absolute atomic E-state index is 0.324. The summed E-state index contributed by atoms with van der Waals surface area (Å²) in [6.45, 7) is 2.04. The minimum Gasteiger partial charge on any atom is -0.346 e. The first kappa shape index (κ1) is 17.3. The van der Waals surface area contributed by atoms with E-state index in [4.69, 9.17) is 0 Å². The second kappa shape index (κ2) is 6.99. The Bertz CT molecular complexity index is 688. The van der Waals surface area contributed by atoms with Crippen LogP contribution in [0.5, 0.6) is 0 Å². The summed E-state index contributed by atoms with van der Waals surface area (Å²) >= 11 is 0.984. The average molecular weight is 345 g/mol. The average Bonchev–Trinajstić information content (AvgIpc) is 2.92. The topological polar surface area (TPSA) is 72.7 Å². The Labute approximate surface area is 134 Å². The Kier molecular flexibility index (Phi) is 5.24. The Morgan fingerprint density at radius 2 is 2.17 bits per heavy atom. The molecule has 1 unspecified atom stereocenters. The highest BCUT2D eigenvalue weighted by Crippen LogP contribution is 2.23. The molecule has 2 rings (SSSR count). The molecule has 0 aliphatic rings. The zero-order valence-corrected chi connectivity index (χ0v) is 13.1. The highest BCUT2D eigenvalue weighted by molar-refractivity contribution is 8.00. The van der Waals surface area contributed by atoms with Gasteiger partial charge < -0.3 is 5.32 Å². The minimum atomic E-state index is -4.44. The number of benzene rings is 1. The quantitative estimate of drug-likeness (QED) is 0.841. The van der Waals surface area contributed by atoms with E-state index >= 15 is 0 Å². The van der Waals surface area contributed by atoms with E-state index in [-0.39, 0.29) is 0 Å². The summed E-state index contributed by atoms with van der Waals surface area (Å²) in [4.78, 5) is 11.7. The number of hydrogen-bond donors (Lipinski definition) is 1. The van der Waals surface area contributed by atoms with Crippen LogP contribution < -0.4 is 5.32 Å². The monoisotopic (exact) mass is 345 g/mol. The van der Waals surface area contributed by atoms with Crippen LogP contribution in [-0.2, 0) is 4.79 Å². The van der Waals surface area contributed by atoms with E-state index in [0.717, 1.165) is 17.3 Å². The van der Waals surface area contributed by atoms with Crippen molar-refractivity contribution in [1.29, 1.82) is 0 Å². The Hall–Kier alpha value is -2.10. The number of alkyl halides is 3. The summed E-state index contributed by atoms with van der Waals surface area (Å²) in [5, 5.41) is 12.6. The van der Waals surface area contributed by atoms with Crippen LogP contribution in [0.1, 0.15) is 12.5 Å². The van der Waals surface area contributed by atoms with Crippen molar-refractivity contribution in [2.45, 2.75) is 30.4 Å².